The van der Waals surface area contributed by atoms with Crippen molar-refractivity contribution in [2.45, 2.75) is 13.5 Å². The van der Waals surface area contributed by atoms with Gasteiger partial charge in [-0.15, -0.1) is 22.7 Å². The van der Waals surface area contributed by atoms with Crippen molar-refractivity contribution < 1.29 is 0 Å². The summed E-state index contributed by atoms with van der Waals surface area (Å²) in [5, 5.41) is 6.03. The number of nitrogen functional groups attached to an aromatic ring is 1. The minimum absolute atomic E-state index is 0.546. The minimum Gasteiger partial charge on any atom is -0.382 e. The fraction of sp³-hybridized carbons (Fsp3) is 0.250. The summed E-state index contributed by atoms with van der Waals surface area (Å²) < 4.78 is 4.28. The molecule has 2 N–H and O–H groups in total. The Labute approximate surface area is 128 Å². The molecule has 3 aromatic rings. The van der Waals surface area contributed by atoms with Gasteiger partial charge in [0.05, 0.1) is 23.3 Å². The number of anilines is 2. The van der Waals surface area contributed by atoms with Crippen LogP contribution in [-0.4, -0.2) is 21.4 Å². The number of rotatable bonds is 4. The molecule has 20 heavy (non-hydrogen) atoms. The van der Waals surface area contributed by atoms with E-state index in [9.17, 15) is 0 Å². The maximum Gasteiger partial charge on any atom is 0.149 e. The third kappa shape index (κ3) is 2.54. The quantitative estimate of drug-likeness (QED) is 0.798. The van der Waals surface area contributed by atoms with Gasteiger partial charge in [0, 0.05) is 23.5 Å². The van der Waals surface area contributed by atoms with Crippen LogP contribution < -0.4 is 10.6 Å². The lowest BCUT2D eigenvalue weighted by atomic mass is 10.3. The third-order valence-corrected chi connectivity index (χ3v) is 5.35. The lowest BCUT2D eigenvalue weighted by molar-refractivity contribution is 0.905. The van der Waals surface area contributed by atoms with Crippen LogP contribution in [0.1, 0.15) is 11.4 Å². The molecular formula is C12H13N5S3. The second-order valence-corrected chi connectivity index (χ2v) is 6.71. The molecular weight excluding hydrogens is 310 g/mol. The second-order valence-electron chi connectivity index (χ2n) is 4.38. The summed E-state index contributed by atoms with van der Waals surface area (Å²) in [5.74, 6) is 0.546. The van der Waals surface area contributed by atoms with Gasteiger partial charge in [-0.25, -0.2) is 9.97 Å². The van der Waals surface area contributed by atoms with Gasteiger partial charge in [-0.1, -0.05) is 0 Å². The number of aryl methyl sites for hydroxylation is 1. The molecule has 104 valence electrons. The van der Waals surface area contributed by atoms with Crippen molar-refractivity contribution in [3.05, 3.63) is 27.7 Å². The lowest BCUT2D eigenvalue weighted by Gasteiger charge is -2.16. The van der Waals surface area contributed by atoms with Crippen molar-refractivity contribution >= 4 is 45.0 Å². The molecule has 0 aliphatic rings. The summed E-state index contributed by atoms with van der Waals surface area (Å²) in [6.07, 6.45) is 0. The molecule has 3 heterocycles. The van der Waals surface area contributed by atoms with Crippen molar-refractivity contribution in [2.75, 3.05) is 17.7 Å². The molecule has 3 aromatic heterocycles. The van der Waals surface area contributed by atoms with Gasteiger partial charge in [-0.2, -0.15) is 4.37 Å². The summed E-state index contributed by atoms with van der Waals surface area (Å²) >= 11 is 4.60. The van der Waals surface area contributed by atoms with Crippen molar-refractivity contribution in [1.29, 1.82) is 0 Å². The predicted molar refractivity (Wildman–Crippen MR) is 86.6 cm³/mol. The van der Waals surface area contributed by atoms with Crippen LogP contribution in [0.2, 0.25) is 0 Å². The summed E-state index contributed by atoms with van der Waals surface area (Å²) in [6, 6.07) is 0. The molecule has 0 amide bonds. The van der Waals surface area contributed by atoms with Gasteiger partial charge in [-0.05, 0) is 18.5 Å². The SMILES string of the molecule is Cc1csc(-c2c(N)nsc2N(C)Cc2cscn2)n1. The zero-order valence-corrected chi connectivity index (χ0v) is 13.5. The van der Waals surface area contributed by atoms with E-state index in [1.807, 2.05) is 30.2 Å². The van der Waals surface area contributed by atoms with Crippen LogP contribution in [0.15, 0.2) is 16.3 Å². The van der Waals surface area contributed by atoms with Crippen molar-refractivity contribution in [3.8, 4) is 10.6 Å². The van der Waals surface area contributed by atoms with E-state index in [-0.39, 0.29) is 0 Å². The first-order valence-corrected chi connectivity index (χ1v) is 8.50. The van der Waals surface area contributed by atoms with Crippen LogP contribution in [0.5, 0.6) is 0 Å². The number of hydrogen-bond donors (Lipinski definition) is 1. The smallest absolute Gasteiger partial charge is 0.149 e. The second kappa shape index (κ2) is 5.47. The molecule has 0 unspecified atom stereocenters. The normalized spacial score (nSPS) is 10.9. The van der Waals surface area contributed by atoms with Crippen LogP contribution in [-0.2, 0) is 6.54 Å². The van der Waals surface area contributed by atoms with Crippen LogP contribution in [0, 0.1) is 6.92 Å². The maximum atomic E-state index is 6.02. The number of nitrogens with two attached hydrogens (primary N) is 1. The Morgan fingerprint density at radius 1 is 1.35 bits per heavy atom. The van der Waals surface area contributed by atoms with Crippen LogP contribution in [0.25, 0.3) is 10.6 Å². The van der Waals surface area contributed by atoms with E-state index >= 15 is 0 Å². The Morgan fingerprint density at radius 2 is 2.20 bits per heavy atom. The van der Waals surface area contributed by atoms with Crippen molar-refractivity contribution in [3.63, 3.8) is 0 Å². The maximum absolute atomic E-state index is 6.02. The summed E-state index contributed by atoms with van der Waals surface area (Å²) in [7, 11) is 2.02. The van der Waals surface area contributed by atoms with Gasteiger partial charge in [0.1, 0.15) is 15.8 Å². The zero-order chi connectivity index (χ0) is 14.1. The van der Waals surface area contributed by atoms with E-state index in [2.05, 4.69) is 19.2 Å². The number of nitrogens with zero attached hydrogens (tertiary/aromatic N) is 4. The van der Waals surface area contributed by atoms with Crippen molar-refractivity contribution in [2.24, 2.45) is 0 Å². The highest BCUT2D eigenvalue weighted by Crippen LogP contribution is 2.40. The van der Waals surface area contributed by atoms with Crippen LogP contribution >= 0.6 is 34.2 Å². The number of aromatic nitrogens is 3. The van der Waals surface area contributed by atoms with E-state index in [1.165, 1.54) is 11.5 Å². The van der Waals surface area contributed by atoms with Gasteiger partial charge in [-0.3, -0.25) is 0 Å². The number of hydrogen-bond acceptors (Lipinski definition) is 8. The molecule has 0 saturated carbocycles. The molecule has 0 aromatic carbocycles. The van der Waals surface area contributed by atoms with E-state index in [1.54, 1.807) is 22.7 Å². The molecule has 0 radical (unpaired) electrons. The molecule has 3 rings (SSSR count). The molecule has 0 spiro atoms. The minimum atomic E-state index is 0.546. The molecule has 5 nitrogen and oxygen atoms in total. The first-order valence-electron chi connectivity index (χ1n) is 5.91. The Hall–Kier alpha value is -1.51. The molecule has 0 aliphatic carbocycles. The predicted octanol–water partition coefficient (Wildman–Crippen LogP) is 3.25. The van der Waals surface area contributed by atoms with Gasteiger partial charge in [0.25, 0.3) is 0 Å². The highest BCUT2D eigenvalue weighted by molar-refractivity contribution is 7.15. The summed E-state index contributed by atoms with van der Waals surface area (Å²) in [4.78, 5) is 11.0. The van der Waals surface area contributed by atoms with Gasteiger partial charge < -0.3 is 10.6 Å². The van der Waals surface area contributed by atoms with Crippen LogP contribution in [0.4, 0.5) is 10.8 Å². The van der Waals surface area contributed by atoms with Gasteiger partial charge >= 0.3 is 0 Å². The van der Waals surface area contributed by atoms with E-state index in [4.69, 9.17) is 5.73 Å². The number of thiazole rings is 2. The Balaban J connectivity index is 1.94. The molecule has 0 aliphatic heterocycles. The largest absolute Gasteiger partial charge is 0.382 e. The van der Waals surface area contributed by atoms with Crippen LogP contribution in [0.3, 0.4) is 0 Å². The molecule has 8 heteroatoms. The zero-order valence-electron chi connectivity index (χ0n) is 11.0. The van der Waals surface area contributed by atoms with E-state index in [0.29, 0.717) is 5.82 Å². The Bertz CT molecular complexity index is 701. The first kappa shape index (κ1) is 13.5. The summed E-state index contributed by atoms with van der Waals surface area (Å²) in [6.45, 7) is 2.72. The van der Waals surface area contributed by atoms with E-state index < -0.39 is 0 Å². The topological polar surface area (TPSA) is 67.9 Å². The van der Waals surface area contributed by atoms with E-state index in [0.717, 1.165) is 33.5 Å². The molecule has 0 bridgehead atoms. The molecule has 0 fully saturated rings. The highest BCUT2D eigenvalue weighted by atomic mass is 32.1. The Kier molecular flexibility index (Phi) is 3.68. The Morgan fingerprint density at radius 3 is 2.85 bits per heavy atom. The summed E-state index contributed by atoms with van der Waals surface area (Å²) in [5.41, 5.74) is 10.8. The monoisotopic (exact) mass is 323 g/mol. The van der Waals surface area contributed by atoms with Gasteiger partial charge in [0.2, 0.25) is 0 Å². The highest BCUT2D eigenvalue weighted by Gasteiger charge is 2.20. The fourth-order valence-corrected chi connectivity index (χ4v) is 4.09. The third-order valence-electron chi connectivity index (χ3n) is 2.76. The standard InChI is InChI=1S/C12H13N5S3/c1-7-4-19-11(15-7)9-10(13)16-20-12(9)17(2)3-8-5-18-6-14-8/h4-6H,3H2,1-2H3,(H2,13,16). The fourth-order valence-electron chi connectivity index (χ4n) is 1.85. The average molecular weight is 323 g/mol. The first-order chi connectivity index (χ1) is 9.65. The molecule has 0 atom stereocenters. The molecule has 0 saturated heterocycles. The van der Waals surface area contributed by atoms with Gasteiger partial charge in [0.15, 0.2) is 0 Å². The average Bonchev–Trinajstić information content (AvgIpc) is 3.10. The lowest BCUT2D eigenvalue weighted by Crippen LogP contribution is -2.16. The van der Waals surface area contributed by atoms with Crippen molar-refractivity contribution in [1.82, 2.24) is 14.3 Å².